The van der Waals surface area contributed by atoms with E-state index in [0.29, 0.717) is 18.4 Å². The van der Waals surface area contributed by atoms with E-state index in [1.807, 2.05) is 0 Å². The number of rotatable bonds is 8. The zero-order valence-corrected chi connectivity index (χ0v) is 10.2. The van der Waals surface area contributed by atoms with Gasteiger partial charge in [-0.05, 0) is 6.42 Å². The van der Waals surface area contributed by atoms with Gasteiger partial charge in [-0.3, -0.25) is 0 Å². The predicted molar refractivity (Wildman–Crippen MR) is 62.9 cm³/mol. The van der Waals surface area contributed by atoms with E-state index < -0.39 is 0 Å². The highest BCUT2D eigenvalue weighted by molar-refractivity contribution is 7.14. The van der Waals surface area contributed by atoms with Crippen LogP contribution in [0.1, 0.15) is 6.42 Å². The van der Waals surface area contributed by atoms with Gasteiger partial charge in [0.1, 0.15) is 5.15 Å². The normalized spacial score (nSPS) is 10.5. The highest BCUT2D eigenvalue weighted by Crippen LogP contribution is 2.18. The average Bonchev–Trinajstić information content (AvgIpc) is 2.63. The molecule has 0 aliphatic rings. The van der Waals surface area contributed by atoms with E-state index in [1.54, 1.807) is 12.5 Å². The molecule has 0 radical (unpaired) electrons. The van der Waals surface area contributed by atoms with Gasteiger partial charge < -0.3 is 14.8 Å². The summed E-state index contributed by atoms with van der Waals surface area (Å²) in [5.74, 6) is 0. The van der Waals surface area contributed by atoms with Crippen molar-refractivity contribution in [3.05, 3.63) is 10.5 Å². The fourth-order valence-electron chi connectivity index (χ4n) is 0.949. The number of thiazole rings is 1. The van der Waals surface area contributed by atoms with Crippen molar-refractivity contribution in [2.45, 2.75) is 6.42 Å². The van der Waals surface area contributed by atoms with Gasteiger partial charge in [0.2, 0.25) is 0 Å². The number of aromatic nitrogens is 1. The highest BCUT2D eigenvalue weighted by atomic mass is 35.5. The van der Waals surface area contributed by atoms with Gasteiger partial charge in [0, 0.05) is 25.6 Å². The molecule has 0 spiro atoms. The first-order chi connectivity index (χ1) is 7.33. The highest BCUT2D eigenvalue weighted by Gasteiger charge is 1.97. The Morgan fingerprint density at radius 1 is 1.47 bits per heavy atom. The molecule has 1 N–H and O–H groups in total. The van der Waals surface area contributed by atoms with Crippen molar-refractivity contribution in [3.63, 3.8) is 0 Å². The van der Waals surface area contributed by atoms with Crippen molar-refractivity contribution in [1.29, 1.82) is 0 Å². The summed E-state index contributed by atoms with van der Waals surface area (Å²) in [5, 5.41) is 6.37. The summed E-state index contributed by atoms with van der Waals surface area (Å²) < 4.78 is 10.2. The lowest BCUT2D eigenvalue weighted by atomic mass is 10.4. The van der Waals surface area contributed by atoms with Crippen molar-refractivity contribution in [3.8, 4) is 0 Å². The molecule has 1 rings (SSSR count). The Kier molecular flexibility index (Phi) is 6.67. The summed E-state index contributed by atoms with van der Waals surface area (Å²) in [6.45, 7) is 2.88. The van der Waals surface area contributed by atoms with Crippen molar-refractivity contribution >= 4 is 28.1 Å². The van der Waals surface area contributed by atoms with E-state index in [2.05, 4.69) is 10.3 Å². The standard InChI is InChI=1S/C9H15ClN2O2S/c1-13-5-6-14-4-2-3-11-9-12-8(10)7-15-9/h7H,2-6H2,1H3,(H,11,12). The molecular weight excluding hydrogens is 236 g/mol. The summed E-state index contributed by atoms with van der Waals surface area (Å²) in [4.78, 5) is 4.07. The monoisotopic (exact) mass is 250 g/mol. The Labute approximate surface area is 98.6 Å². The molecule has 0 aliphatic heterocycles. The molecule has 0 fully saturated rings. The Bertz CT molecular complexity index is 270. The van der Waals surface area contributed by atoms with Crippen LogP contribution in [-0.4, -0.2) is 38.5 Å². The minimum Gasteiger partial charge on any atom is -0.382 e. The van der Waals surface area contributed by atoms with Gasteiger partial charge in [-0.25, -0.2) is 4.98 Å². The van der Waals surface area contributed by atoms with Crippen molar-refractivity contribution in [2.24, 2.45) is 0 Å². The van der Waals surface area contributed by atoms with Crippen molar-refractivity contribution in [2.75, 3.05) is 38.8 Å². The molecule has 0 unspecified atom stereocenters. The summed E-state index contributed by atoms with van der Waals surface area (Å²) in [6.07, 6.45) is 0.945. The topological polar surface area (TPSA) is 43.4 Å². The number of hydrogen-bond donors (Lipinski definition) is 1. The number of halogens is 1. The van der Waals surface area contributed by atoms with E-state index in [0.717, 1.165) is 24.7 Å². The first kappa shape index (κ1) is 12.7. The van der Waals surface area contributed by atoms with Crippen LogP contribution in [0.3, 0.4) is 0 Å². The van der Waals surface area contributed by atoms with Crippen LogP contribution in [0.4, 0.5) is 5.13 Å². The van der Waals surface area contributed by atoms with E-state index in [-0.39, 0.29) is 0 Å². The number of anilines is 1. The number of ether oxygens (including phenoxy) is 2. The van der Waals surface area contributed by atoms with Crippen LogP contribution in [0.25, 0.3) is 0 Å². The van der Waals surface area contributed by atoms with Gasteiger partial charge >= 0.3 is 0 Å². The van der Waals surface area contributed by atoms with Crippen LogP contribution in [0.15, 0.2) is 5.38 Å². The third-order valence-corrected chi connectivity index (χ3v) is 2.77. The third kappa shape index (κ3) is 5.94. The van der Waals surface area contributed by atoms with Crippen LogP contribution in [0.2, 0.25) is 5.15 Å². The maximum absolute atomic E-state index is 5.68. The Morgan fingerprint density at radius 3 is 3.00 bits per heavy atom. The lowest BCUT2D eigenvalue weighted by Gasteiger charge is -2.04. The molecule has 0 saturated carbocycles. The van der Waals surface area contributed by atoms with Gasteiger partial charge in [-0.2, -0.15) is 0 Å². The van der Waals surface area contributed by atoms with Crippen molar-refractivity contribution in [1.82, 2.24) is 4.98 Å². The molecule has 86 valence electrons. The first-order valence-corrected chi connectivity index (χ1v) is 6.00. The summed E-state index contributed by atoms with van der Waals surface area (Å²) in [6, 6.07) is 0. The second-order valence-corrected chi connectivity index (χ2v) is 4.11. The van der Waals surface area contributed by atoms with E-state index in [4.69, 9.17) is 21.1 Å². The molecular formula is C9H15ClN2O2S. The molecule has 6 heteroatoms. The molecule has 1 heterocycles. The van der Waals surface area contributed by atoms with E-state index in [9.17, 15) is 0 Å². The minimum absolute atomic E-state index is 0.541. The zero-order valence-electron chi connectivity index (χ0n) is 8.66. The van der Waals surface area contributed by atoms with Crippen molar-refractivity contribution < 1.29 is 9.47 Å². The van der Waals surface area contributed by atoms with Gasteiger partial charge in [-0.1, -0.05) is 11.6 Å². The molecule has 4 nitrogen and oxygen atoms in total. The SMILES string of the molecule is COCCOCCCNc1nc(Cl)cs1. The van der Waals surface area contributed by atoms with Crippen LogP contribution in [0.5, 0.6) is 0 Å². The third-order valence-electron chi connectivity index (χ3n) is 1.65. The number of methoxy groups -OCH3 is 1. The van der Waals surface area contributed by atoms with Crippen LogP contribution in [-0.2, 0) is 9.47 Å². The second-order valence-electron chi connectivity index (χ2n) is 2.86. The Hall–Kier alpha value is -0.360. The fraction of sp³-hybridized carbons (Fsp3) is 0.667. The molecule has 0 bridgehead atoms. The van der Waals surface area contributed by atoms with Crippen LogP contribution in [0, 0.1) is 0 Å². The minimum atomic E-state index is 0.541. The zero-order chi connectivity index (χ0) is 10.9. The summed E-state index contributed by atoms with van der Waals surface area (Å²) in [5.41, 5.74) is 0. The summed E-state index contributed by atoms with van der Waals surface area (Å²) in [7, 11) is 1.66. The molecule has 0 saturated heterocycles. The molecule has 0 aliphatic carbocycles. The molecule has 0 atom stereocenters. The summed E-state index contributed by atoms with van der Waals surface area (Å²) >= 11 is 7.18. The Morgan fingerprint density at radius 2 is 2.33 bits per heavy atom. The van der Waals surface area contributed by atoms with Gasteiger partial charge in [0.05, 0.1) is 13.2 Å². The number of nitrogens with one attached hydrogen (secondary N) is 1. The lowest BCUT2D eigenvalue weighted by Crippen LogP contribution is -2.08. The smallest absolute Gasteiger partial charge is 0.184 e. The second kappa shape index (κ2) is 7.87. The van der Waals surface area contributed by atoms with E-state index in [1.165, 1.54) is 11.3 Å². The number of nitrogens with zero attached hydrogens (tertiary/aromatic N) is 1. The largest absolute Gasteiger partial charge is 0.382 e. The maximum atomic E-state index is 5.68. The van der Waals surface area contributed by atoms with Gasteiger partial charge in [0.25, 0.3) is 0 Å². The van der Waals surface area contributed by atoms with Gasteiger partial charge in [-0.15, -0.1) is 11.3 Å². The molecule has 0 amide bonds. The Balaban J connectivity index is 1.93. The molecule has 1 aromatic heterocycles. The van der Waals surface area contributed by atoms with E-state index >= 15 is 0 Å². The first-order valence-electron chi connectivity index (χ1n) is 4.74. The quantitative estimate of drug-likeness (QED) is 0.719. The number of hydrogen-bond acceptors (Lipinski definition) is 5. The molecule has 0 aromatic carbocycles. The van der Waals surface area contributed by atoms with Gasteiger partial charge in [0.15, 0.2) is 5.13 Å². The molecule has 1 aromatic rings. The fourth-order valence-corrected chi connectivity index (χ4v) is 1.82. The predicted octanol–water partition coefficient (Wildman–Crippen LogP) is 2.26. The average molecular weight is 251 g/mol. The van der Waals surface area contributed by atoms with Crippen LogP contribution < -0.4 is 5.32 Å². The van der Waals surface area contributed by atoms with Crippen LogP contribution >= 0.6 is 22.9 Å². The lowest BCUT2D eigenvalue weighted by molar-refractivity contribution is 0.0705. The molecule has 15 heavy (non-hydrogen) atoms. The maximum Gasteiger partial charge on any atom is 0.184 e.